The minimum atomic E-state index is 0.642. The number of nitrogens with two attached hydrogens (primary N) is 2. The molecule has 0 heterocycles. The normalized spacial score (nSPS) is 16.0. The third-order valence-electron chi connectivity index (χ3n) is 1.78. The smallest absolute Gasteiger partial charge is 0.0828 e. The standard InChI is InChI=1S/C8H16N6/c1-5(11-9)7(3)13-14-8(4)6(2)12-10/h9-10H2,1-4H3/b11-5-,12-6-,13-7-,14-8-. The van der Waals surface area contributed by atoms with E-state index in [4.69, 9.17) is 11.7 Å². The summed E-state index contributed by atoms with van der Waals surface area (Å²) in [6, 6.07) is 0. The van der Waals surface area contributed by atoms with E-state index in [1.54, 1.807) is 27.7 Å². The van der Waals surface area contributed by atoms with E-state index in [9.17, 15) is 0 Å². The molecule has 6 heteroatoms. The molecular formula is C8H16N6. The number of hydrogen-bond donors (Lipinski definition) is 2. The third kappa shape index (κ3) is 3.79. The molecule has 78 valence electrons. The van der Waals surface area contributed by atoms with Gasteiger partial charge >= 0.3 is 0 Å². The zero-order chi connectivity index (χ0) is 11.1. The first-order chi connectivity index (χ1) is 6.52. The molecule has 0 aromatic heterocycles. The molecule has 0 aliphatic heterocycles. The van der Waals surface area contributed by atoms with Gasteiger partial charge in [-0.3, -0.25) is 0 Å². The summed E-state index contributed by atoms with van der Waals surface area (Å²) in [5, 5.41) is 14.8. The van der Waals surface area contributed by atoms with Gasteiger partial charge in [0.25, 0.3) is 0 Å². The number of hydrogen-bond acceptors (Lipinski definition) is 6. The molecular weight excluding hydrogens is 180 g/mol. The van der Waals surface area contributed by atoms with E-state index in [2.05, 4.69) is 20.4 Å². The van der Waals surface area contributed by atoms with Crippen LogP contribution >= 0.6 is 0 Å². The first-order valence-electron chi connectivity index (χ1n) is 4.11. The van der Waals surface area contributed by atoms with Crippen molar-refractivity contribution in [3.63, 3.8) is 0 Å². The summed E-state index contributed by atoms with van der Waals surface area (Å²) >= 11 is 0. The number of nitrogens with zero attached hydrogens (tertiary/aromatic N) is 4. The van der Waals surface area contributed by atoms with E-state index in [1.807, 2.05) is 0 Å². The van der Waals surface area contributed by atoms with E-state index in [1.165, 1.54) is 0 Å². The van der Waals surface area contributed by atoms with Crippen LogP contribution in [0.5, 0.6) is 0 Å². The minimum absolute atomic E-state index is 0.642. The quantitative estimate of drug-likeness (QED) is 0.390. The summed E-state index contributed by atoms with van der Waals surface area (Å²) < 4.78 is 0. The van der Waals surface area contributed by atoms with Crippen LogP contribution in [0.25, 0.3) is 0 Å². The molecule has 0 atom stereocenters. The lowest BCUT2D eigenvalue weighted by Gasteiger charge is -1.96. The Morgan fingerprint density at radius 2 is 0.929 bits per heavy atom. The largest absolute Gasteiger partial charge is 0.323 e. The van der Waals surface area contributed by atoms with Gasteiger partial charge in [-0.15, -0.1) is 0 Å². The molecule has 0 saturated heterocycles. The highest BCUT2D eigenvalue weighted by atomic mass is 15.2. The van der Waals surface area contributed by atoms with Crippen molar-refractivity contribution in [3.05, 3.63) is 0 Å². The van der Waals surface area contributed by atoms with Gasteiger partial charge in [0.15, 0.2) is 0 Å². The first-order valence-corrected chi connectivity index (χ1v) is 4.11. The van der Waals surface area contributed by atoms with E-state index in [0.717, 1.165) is 0 Å². The Morgan fingerprint density at radius 1 is 0.643 bits per heavy atom. The van der Waals surface area contributed by atoms with Crippen LogP contribution in [-0.4, -0.2) is 22.8 Å². The van der Waals surface area contributed by atoms with Crippen LogP contribution in [0.2, 0.25) is 0 Å². The summed E-state index contributed by atoms with van der Waals surface area (Å²) in [6.45, 7) is 7.07. The monoisotopic (exact) mass is 196 g/mol. The molecule has 14 heavy (non-hydrogen) atoms. The predicted molar refractivity (Wildman–Crippen MR) is 60.8 cm³/mol. The maximum absolute atomic E-state index is 5.08. The molecule has 0 unspecified atom stereocenters. The Bertz CT molecular complexity index is 278. The molecule has 0 saturated carbocycles. The van der Waals surface area contributed by atoms with Gasteiger partial charge < -0.3 is 11.7 Å². The molecule has 0 fully saturated rings. The van der Waals surface area contributed by atoms with Gasteiger partial charge in [0.2, 0.25) is 0 Å². The van der Waals surface area contributed by atoms with Crippen LogP contribution in [-0.2, 0) is 0 Å². The second kappa shape index (κ2) is 5.85. The van der Waals surface area contributed by atoms with Crippen molar-refractivity contribution in [1.29, 1.82) is 0 Å². The average molecular weight is 196 g/mol. The lowest BCUT2D eigenvalue weighted by atomic mass is 10.3. The first kappa shape index (κ1) is 12.3. The Morgan fingerprint density at radius 3 is 1.14 bits per heavy atom. The fourth-order valence-electron chi connectivity index (χ4n) is 0.482. The fraction of sp³-hybridized carbons (Fsp3) is 0.500. The molecule has 0 aliphatic carbocycles. The second-order valence-electron chi connectivity index (χ2n) is 2.80. The molecule has 0 aliphatic rings. The third-order valence-corrected chi connectivity index (χ3v) is 1.78. The molecule has 0 rings (SSSR count). The van der Waals surface area contributed by atoms with E-state index in [0.29, 0.717) is 22.8 Å². The maximum atomic E-state index is 5.08. The van der Waals surface area contributed by atoms with Gasteiger partial charge in [-0.05, 0) is 27.7 Å². The van der Waals surface area contributed by atoms with Crippen LogP contribution < -0.4 is 11.7 Å². The molecule has 0 aromatic carbocycles. The van der Waals surface area contributed by atoms with Gasteiger partial charge in [0, 0.05) is 0 Å². The van der Waals surface area contributed by atoms with E-state index >= 15 is 0 Å². The van der Waals surface area contributed by atoms with Crippen LogP contribution in [0.4, 0.5) is 0 Å². The number of hydrazone groups is 2. The van der Waals surface area contributed by atoms with Crippen molar-refractivity contribution in [2.75, 3.05) is 0 Å². The summed E-state index contributed by atoms with van der Waals surface area (Å²) in [4.78, 5) is 0. The zero-order valence-corrected chi connectivity index (χ0v) is 8.94. The van der Waals surface area contributed by atoms with Crippen LogP contribution in [0, 0.1) is 0 Å². The highest BCUT2D eigenvalue weighted by molar-refractivity contribution is 6.42. The molecule has 0 aromatic rings. The lowest BCUT2D eigenvalue weighted by molar-refractivity contribution is 1.20. The van der Waals surface area contributed by atoms with Gasteiger partial charge in [-0.2, -0.15) is 20.4 Å². The Hall–Kier alpha value is -1.72. The van der Waals surface area contributed by atoms with Crippen molar-refractivity contribution in [2.45, 2.75) is 27.7 Å². The van der Waals surface area contributed by atoms with E-state index < -0.39 is 0 Å². The van der Waals surface area contributed by atoms with Crippen molar-refractivity contribution in [2.24, 2.45) is 32.1 Å². The summed E-state index contributed by atoms with van der Waals surface area (Å²) in [5.41, 5.74) is 2.61. The van der Waals surface area contributed by atoms with Crippen molar-refractivity contribution >= 4 is 22.8 Å². The number of rotatable bonds is 3. The molecule has 0 radical (unpaired) electrons. The topological polar surface area (TPSA) is 101 Å². The molecule has 6 nitrogen and oxygen atoms in total. The maximum Gasteiger partial charge on any atom is 0.0828 e. The van der Waals surface area contributed by atoms with Gasteiger partial charge in [0.1, 0.15) is 0 Å². The lowest BCUT2D eigenvalue weighted by Crippen LogP contribution is -2.10. The highest BCUT2D eigenvalue weighted by Crippen LogP contribution is 1.88. The van der Waals surface area contributed by atoms with E-state index in [-0.39, 0.29) is 0 Å². The van der Waals surface area contributed by atoms with Crippen molar-refractivity contribution in [1.82, 2.24) is 0 Å². The van der Waals surface area contributed by atoms with Crippen LogP contribution in [0.3, 0.4) is 0 Å². The molecule has 4 N–H and O–H groups in total. The Balaban J connectivity index is 4.71. The Labute approximate surface area is 83.5 Å². The SMILES string of the molecule is CC(=N/N)/C(C)=N\N=C(C)/C(C)=N\N. The predicted octanol–water partition coefficient (Wildman–Crippen LogP) is 0.492. The molecule has 0 bridgehead atoms. The van der Waals surface area contributed by atoms with Crippen molar-refractivity contribution in [3.8, 4) is 0 Å². The second-order valence-corrected chi connectivity index (χ2v) is 2.80. The van der Waals surface area contributed by atoms with Crippen molar-refractivity contribution < 1.29 is 0 Å². The molecule has 0 spiro atoms. The van der Waals surface area contributed by atoms with Gasteiger partial charge in [-0.25, -0.2) is 0 Å². The van der Waals surface area contributed by atoms with Crippen LogP contribution in [0.1, 0.15) is 27.7 Å². The van der Waals surface area contributed by atoms with Gasteiger partial charge in [0.05, 0.1) is 22.8 Å². The summed E-state index contributed by atoms with van der Waals surface area (Å²) in [5.74, 6) is 10.2. The highest BCUT2D eigenvalue weighted by Gasteiger charge is 1.97. The summed E-state index contributed by atoms with van der Waals surface area (Å²) in [7, 11) is 0. The zero-order valence-electron chi connectivity index (χ0n) is 8.94. The van der Waals surface area contributed by atoms with Crippen LogP contribution in [0.15, 0.2) is 20.4 Å². The molecule has 0 amide bonds. The summed E-state index contributed by atoms with van der Waals surface area (Å²) in [6.07, 6.45) is 0. The minimum Gasteiger partial charge on any atom is -0.323 e. The average Bonchev–Trinajstić information content (AvgIpc) is 2.22. The van der Waals surface area contributed by atoms with Gasteiger partial charge in [-0.1, -0.05) is 0 Å². The fourth-order valence-corrected chi connectivity index (χ4v) is 0.482. The Kier molecular flexibility index (Phi) is 5.13.